The summed E-state index contributed by atoms with van der Waals surface area (Å²) in [6.45, 7) is 3.86. The van der Waals surface area contributed by atoms with Crippen molar-refractivity contribution in [3.8, 4) is 23.4 Å². The number of nitrogens with zero attached hydrogens (tertiary/aromatic N) is 3. The molecule has 0 radical (unpaired) electrons. The lowest BCUT2D eigenvalue weighted by Gasteiger charge is -2.12. The zero-order valence-electron chi connectivity index (χ0n) is 14.5. The van der Waals surface area contributed by atoms with Crippen molar-refractivity contribution >= 4 is 23.6 Å². The molecule has 2 aromatic rings. The molecule has 27 heavy (non-hydrogen) atoms. The van der Waals surface area contributed by atoms with Crippen LogP contribution in [0.1, 0.15) is 19.4 Å². The molecule has 0 amide bonds. The third kappa shape index (κ3) is 5.39. The van der Waals surface area contributed by atoms with Gasteiger partial charge < -0.3 is 14.2 Å². The number of hydrogen-bond acceptors (Lipinski definition) is 7. The van der Waals surface area contributed by atoms with Gasteiger partial charge in [-0.1, -0.05) is 6.07 Å². The van der Waals surface area contributed by atoms with Gasteiger partial charge in [0, 0.05) is 0 Å². The number of benzene rings is 1. The van der Waals surface area contributed by atoms with Crippen LogP contribution in [0.2, 0.25) is 5.28 Å². The lowest BCUT2D eigenvalue weighted by molar-refractivity contribution is -0.137. The maximum Gasteiger partial charge on any atom is 0.348 e. The van der Waals surface area contributed by atoms with Gasteiger partial charge in [-0.15, -0.1) is 0 Å². The molecule has 1 heterocycles. The van der Waals surface area contributed by atoms with Crippen LogP contribution >= 0.6 is 11.6 Å². The molecule has 0 spiro atoms. The molecule has 9 heteroatoms. The Morgan fingerprint density at radius 2 is 2.11 bits per heavy atom. The van der Waals surface area contributed by atoms with Gasteiger partial charge in [0.05, 0.1) is 19.4 Å². The van der Waals surface area contributed by atoms with E-state index >= 15 is 0 Å². The molecule has 0 aliphatic heterocycles. The molecule has 0 saturated carbocycles. The van der Waals surface area contributed by atoms with Crippen LogP contribution in [0.4, 0.5) is 4.39 Å². The zero-order chi connectivity index (χ0) is 19.8. The van der Waals surface area contributed by atoms with E-state index in [2.05, 4.69) is 9.97 Å². The summed E-state index contributed by atoms with van der Waals surface area (Å²) < 4.78 is 29.5. The van der Waals surface area contributed by atoms with E-state index in [-0.39, 0.29) is 34.8 Å². The molecular weight excluding hydrogens is 377 g/mol. The smallest absolute Gasteiger partial charge is 0.348 e. The SMILES string of the molecule is CCOC(=O)/C(C#N)=C\c1ccc(Oc2nc(Cl)ncc2F)c(OCC)c1. The van der Waals surface area contributed by atoms with Gasteiger partial charge in [0.1, 0.15) is 11.6 Å². The number of esters is 1. The molecular formula is C18H15ClFN3O4. The summed E-state index contributed by atoms with van der Waals surface area (Å²) in [7, 11) is 0. The minimum Gasteiger partial charge on any atom is -0.490 e. The van der Waals surface area contributed by atoms with Crippen molar-refractivity contribution in [3.63, 3.8) is 0 Å². The number of hydrogen-bond donors (Lipinski definition) is 0. The summed E-state index contributed by atoms with van der Waals surface area (Å²) in [6, 6.07) is 6.38. The fraction of sp³-hybridized carbons (Fsp3) is 0.222. The Morgan fingerprint density at radius 1 is 1.33 bits per heavy atom. The number of rotatable bonds is 7. The van der Waals surface area contributed by atoms with E-state index in [9.17, 15) is 9.18 Å². The average molecular weight is 392 g/mol. The summed E-state index contributed by atoms with van der Waals surface area (Å²) >= 11 is 5.66. The number of nitriles is 1. The van der Waals surface area contributed by atoms with Crippen LogP contribution in [0.5, 0.6) is 17.4 Å². The summed E-state index contributed by atoms with van der Waals surface area (Å²) in [5.74, 6) is -1.43. The van der Waals surface area contributed by atoms with Crippen molar-refractivity contribution < 1.29 is 23.4 Å². The van der Waals surface area contributed by atoms with E-state index in [1.54, 1.807) is 26.0 Å². The average Bonchev–Trinajstić information content (AvgIpc) is 2.65. The van der Waals surface area contributed by atoms with Crippen molar-refractivity contribution in [2.75, 3.05) is 13.2 Å². The molecule has 0 N–H and O–H groups in total. The second kappa shape index (κ2) is 9.50. The van der Waals surface area contributed by atoms with Gasteiger partial charge >= 0.3 is 5.97 Å². The third-order valence-corrected chi connectivity index (χ3v) is 3.27. The minimum absolute atomic E-state index is 0.155. The van der Waals surface area contributed by atoms with E-state index in [1.807, 2.05) is 0 Å². The maximum absolute atomic E-state index is 13.8. The van der Waals surface area contributed by atoms with Gasteiger partial charge in [-0.05, 0) is 49.2 Å². The highest BCUT2D eigenvalue weighted by Gasteiger charge is 2.14. The molecule has 0 unspecified atom stereocenters. The molecule has 0 aliphatic carbocycles. The lowest BCUT2D eigenvalue weighted by atomic mass is 10.1. The molecule has 0 atom stereocenters. The van der Waals surface area contributed by atoms with Crippen LogP contribution in [-0.4, -0.2) is 29.2 Å². The highest BCUT2D eigenvalue weighted by atomic mass is 35.5. The second-order valence-corrected chi connectivity index (χ2v) is 5.26. The predicted octanol–water partition coefficient (Wildman–Crippen LogP) is 3.93. The summed E-state index contributed by atoms with van der Waals surface area (Å²) in [4.78, 5) is 18.9. The number of carbonyl (C=O) groups is 1. The first kappa shape index (κ1) is 20.1. The van der Waals surface area contributed by atoms with Gasteiger partial charge in [0.15, 0.2) is 11.5 Å². The highest BCUT2D eigenvalue weighted by molar-refractivity contribution is 6.28. The normalized spacial score (nSPS) is 10.9. The van der Waals surface area contributed by atoms with E-state index in [0.717, 1.165) is 6.20 Å². The first-order valence-electron chi connectivity index (χ1n) is 7.90. The Bertz CT molecular complexity index is 912. The van der Waals surface area contributed by atoms with Crippen LogP contribution < -0.4 is 9.47 Å². The fourth-order valence-corrected chi connectivity index (χ4v) is 2.11. The number of aromatic nitrogens is 2. The molecule has 7 nitrogen and oxygen atoms in total. The topological polar surface area (TPSA) is 94.3 Å². The van der Waals surface area contributed by atoms with Gasteiger partial charge in [-0.3, -0.25) is 0 Å². The van der Waals surface area contributed by atoms with Crippen molar-refractivity contribution in [3.05, 3.63) is 46.6 Å². The van der Waals surface area contributed by atoms with Crippen LogP contribution in [0, 0.1) is 17.1 Å². The molecule has 1 aromatic carbocycles. The fourth-order valence-electron chi connectivity index (χ4n) is 1.99. The van der Waals surface area contributed by atoms with E-state index < -0.39 is 11.8 Å². The van der Waals surface area contributed by atoms with Crippen LogP contribution in [0.25, 0.3) is 6.08 Å². The largest absolute Gasteiger partial charge is 0.490 e. The lowest BCUT2D eigenvalue weighted by Crippen LogP contribution is -2.06. The van der Waals surface area contributed by atoms with Crippen molar-refractivity contribution in [2.24, 2.45) is 0 Å². The summed E-state index contributed by atoms with van der Waals surface area (Å²) in [6.07, 6.45) is 2.24. The Balaban J connectivity index is 2.37. The Kier molecular flexibility index (Phi) is 7.08. The van der Waals surface area contributed by atoms with Crippen LogP contribution in [-0.2, 0) is 9.53 Å². The quantitative estimate of drug-likeness (QED) is 0.305. The number of ether oxygens (including phenoxy) is 3. The molecule has 140 valence electrons. The summed E-state index contributed by atoms with van der Waals surface area (Å²) in [5.41, 5.74) is 0.332. The monoisotopic (exact) mass is 391 g/mol. The minimum atomic E-state index is -0.792. The Morgan fingerprint density at radius 3 is 2.78 bits per heavy atom. The third-order valence-electron chi connectivity index (χ3n) is 3.08. The number of carbonyl (C=O) groups excluding carboxylic acids is 1. The molecule has 0 aliphatic rings. The van der Waals surface area contributed by atoms with E-state index in [0.29, 0.717) is 12.2 Å². The summed E-state index contributed by atoms with van der Waals surface area (Å²) in [5, 5.41) is 8.95. The first-order chi connectivity index (χ1) is 13.0. The van der Waals surface area contributed by atoms with Gasteiger partial charge in [-0.25, -0.2) is 9.78 Å². The molecule has 1 aromatic heterocycles. The van der Waals surface area contributed by atoms with Crippen molar-refractivity contribution in [1.29, 1.82) is 5.26 Å². The zero-order valence-corrected chi connectivity index (χ0v) is 15.3. The van der Waals surface area contributed by atoms with Gasteiger partial charge in [-0.2, -0.15) is 14.6 Å². The van der Waals surface area contributed by atoms with Gasteiger partial charge in [0.25, 0.3) is 5.88 Å². The van der Waals surface area contributed by atoms with Crippen LogP contribution in [0.3, 0.4) is 0 Å². The molecule has 2 rings (SSSR count). The van der Waals surface area contributed by atoms with Crippen molar-refractivity contribution in [1.82, 2.24) is 9.97 Å². The Labute approximate surface area is 160 Å². The van der Waals surface area contributed by atoms with E-state index in [4.69, 9.17) is 31.1 Å². The first-order valence-corrected chi connectivity index (χ1v) is 8.27. The van der Waals surface area contributed by atoms with Crippen LogP contribution in [0.15, 0.2) is 30.0 Å². The number of halogens is 2. The second-order valence-electron chi connectivity index (χ2n) is 4.92. The van der Waals surface area contributed by atoms with E-state index in [1.165, 1.54) is 18.2 Å². The maximum atomic E-state index is 13.8. The molecule has 0 bridgehead atoms. The van der Waals surface area contributed by atoms with Crippen molar-refractivity contribution in [2.45, 2.75) is 13.8 Å². The molecule has 0 saturated heterocycles. The highest BCUT2D eigenvalue weighted by Crippen LogP contribution is 2.33. The Hall–Kier alpha value is -3.18. The molecule has 0 fully saturated rings. The predicted molar refractivity (Wildman–Crippen MR) is 94.9 cm³/mol. The standard InChI is InChI=1S/C18H15ClFN3O4/c1-3-25-15-8-11(7-12(9-21)17(24)26-4-2)5-6-14(15)27-16-13(20)10-22-18(19)23-16/h5-8,10H,3-4H2,1-2H3/b12-7-. The van der Waals surface area contributed by atoms with Gasteiger partial charge in [0.2, 0.25) is 11.1 Å².